The topological polar surface area (TPSA) is 90.7 Å². The molecule has 2 aromatic carbocycles. The Labute approximate surface area is 139 Å². The number of nitro benzene ring substituents is 1. The minimum atomic E-state index is -0.447. The third-order valence-corrected chi connectivity index (χ3v) is 3.26. The maximum atomic E-state index is 11.8. The Morgan fingerprint density at radius 2 is 1.79 bits per heavy atom. The van der Waals surface area contributed by atoms with Gasteiger partial charge in [0, 0.05) is 30.8 Å². The molecule has 0 spiro atoms. The average Bonchev–Trinajstić information content (AvgIpc) is 2.59. The molecule has 1 N–H and O–H groups in total. The van der Waals surface area contributed by atoms with E-state index in [1.54, 1.807) is 36.4 Å². The summed E-state index contributed by atoms with van der Waals surface area (Å²) in [6, 6.07) is 13.1. The normalized spacial score (nSPS) is 10.0. The Morgan fingerprint density at radius 3 is 2.42 bits per heavy atom. The molecule has 0 saturated heterocycles. The SMILES string of the molecule is COc1ccccc1OC(=O)CCCNc1ccc([N+](=O)[O-])cc1. The number of anilines is 1. The number of hydrogen-bond donors (Lipinski definition) is 1. The Bertz CT molecular complexity index is 700. The summed E-state index contributed by atoms with van der Waals surface area (Å²) < 4.78 is 10.4. The number of nitro groups is 1. The van der Waals surface area contributed by atoms with Crippen molar-refractivity contribution in [2.75, 3.05) is 19.0 Å². The number of nitrogens with one attached hydrogen (secondary N) is 1. The fraction of sp³-hybridized carbons (Fsp3) is 0.235. The van der Waals surface area contributed by atoms with Crippen LogP contribution in [-0.2, 0) is 4.79 Å². The van der Waals surface area contributed by atoms with Crippen LogP contribution in [0, 0.1) is 10.1 Å². The van der Waals surface area contributed by atoms with Gasteiger partial charge < -0.3 is 14.8 Å². The molecule has 0 aliphatic heterocycles. The molecular weight excluding hydrogens is 312 g/mol. The summed E-state index contributed by atoms with van der Waals surface area (Å²) >= 11 is 0. The first kappa shape index (κ1) is 17.3. The van der Waals surface area contributed by atoms with E-state index in [-0.39, 0.29) is 18.1 Å². The summed E-state index contributed by atoms with van der Waals surface area (Å²) in [7, 11) is 1.51. The second-order valence-corrected chi connectivity index (χ2v) is 4.96. The summed E-state index contributed by atoms with van der Waals surface area (Å²) in [5.74, 6) is 0.563. The van der Waals surface area contributed by atoms with Crippen LogP contribution in [0.2, 0.25) is 0 Å². The van der Waals surface area contributed by atoms with Crippen molar-refractivity contribution in [1.29, 1.82) is 0 Å². The quantitative estimate of drug-likeness (QED) is 0.262. The lowest BCUT2D eigenvalue weighted by atomic mass is 10.2. The smallest absolute Gasteiger partial charge is 0.311 e. The number of non-ortho nitro benzene ring substituents is 1. The Morgan fingerprint density at radius 1 is 1.12 bits per heavy atom. The minimum absolute atomic E-state index is 0.0425. The van der Waals surface area contributed by atoms with Crippen molar-refractivity contribution in [1.82, 2.24) is 0 Å². The zero-order valence-corrected chi connectivity index (χ0v) is 13.2. The predicted octanol–water partition coefficient (Wildman–Crippen LogP) is 3.40. The third kappa shape index (κ3) is 4.98. The van der Waals surface area contributed by atoms with Crippen molar-refractivity contribution in [2.45, 2.75) is 12.8 Å². The van der Waals surface area contributed by atoms with E-state index in [0.29, 0.717) is 24.5 Å². The Kier molecular flexibility index (Phi) is 6.13. The number of para-hydroxylation sites is 2. The highest BCUT2D eigenvalue weighted by molar-refractivity contribution is 5.73. The zero-order valence-electron chi connectivity index (χ0n) is 13.2. The molecule has 0 aliphatic carbocycles. The van der Waals surface area contributed by atoms with Crippen LogP contribution in [0.5, 0.6) is 11.5 Å². The van der Waals surface area contributed by atoms with Crippen molar-refractivity contribution < 1.29 is 19.2 Å². The number of rotatable bonds is 8. The van der Waals surface area contributed by atoms with E-state index >= 15 is 0 Å². The van der Waals surface area contributed by atoms with E-state index < -0.39 is 4.92 Å². The number of carbonyl (C=O) groups is 1. The van der Waals surface area contributed by atoms with E-state index in [0.717, 1.165) is 5.69 Å². The molecule has 0 aromatic heterocycles. The molecule has 126 valence electrons. The third-order valence-electron chi connectivity index (χ3n) is 3.26. The molecule has 0 unspecified atom stereocenters. The monoisotopic (exact) mass is 330 g/mol. The number of methoxy groups -OCH3 is 1. The molecule has 0 amide bonds. The first-order valence-electron chi connectivity index (χ1n) is 7.42. The molecule has 24 heavy (non-hydrogen) atoms. The van der Waals surface area contributed by atoms with Crippen molar-refractivity contribution in [3.8, 4) is 11.5 Å². The Balaban J connectivity index is 1.73. The fourth-order valence-corrected chi connectivity index (χ4v) is 2.04. The van der Waals surface area contributed by atoms with Gasteiger partial charge in [0.25, 0.3) is 5.69 Å². The predicted molar refractivity (Wildman–Crippen MR) is 89.4 cm³/mol. The van der Waals surface area contributed by atoms with Crippen molar-refractivity contribution in [3.05, 3.63) is 58.6 Å². The molecule has 2 rings (SSSR count). The van der Waals surface area contributed by atoms with Gasteiger partial charge in [0.05, 0.1) is 12.0 Å². The summed E-state index contributed by atoms with van der Waals surface area (Å²) in [6.07, 6.45) is 0.822. The molecule has 0 radical (unpaired) electrons. The van der Waals surface area contributed by atoms with Gasteiger partial charge in [-0.05, 0) is 30.7 Å². The van der Waals surface area contributed by atoms with E-state index in [4.69, 9.17) is 9.47 Å². The van der Waals surface area contributed by atoms with Crippen molar-refractivity contribution >= 4 is 17.3 Å². The maximum Gasteiger partial charge on any atom is 0.311 e. The second-order valence-electron chi connectivity index (χ2n) is 4.96. The lowest BCUT2D eigenvalue weighted by molar-refractivity contribution is -0.384. The number of benzene rings is 2. The fourth-order valence-electron chi connectivity index (χ4n) is 2.04. The minimum Gasteiger partial charge on any atom is -0.493 e. The van der Waals surface area contributed by atoms with Crippen molar-refractivity contribution in [3.63, 3.8) is 0 Å². The first-order valence-corrected chi connectivity index (χ1v) is 7.42. The molecule has 2 aromatic rings. The highest BCUT2D eigenvalue weighted by Crippen LogP contribution is 2.26. The van der Waals surface area contributed by atoms with Gasteiger partial charge in [0.2, 0.25) is 0 Å². The largest absolute Gasteiger partial charge is 0.493 e. The molecule has 0 bridgehead atoms. The van der Waals surface area contributed by atoms with E-state index in [9.17, 15) is 14.9 Å². The van der Waals surface area contributed by atoms with Crippen LogP contribution in [0.1, 0.15) is 12.8 Å². The lowest BCUT2D eigenvalue weighted by Gasteiger charge is -2.09. The number of hydrogen-bond acceptors (Lipinski definition) is 6. The van der Waals surface area contributed by atoms with Crippen LogP contribution in [0.25, 0.3) is 0 Å². The van der Waals surface area contributed by atoms with E-state index in [1.165, 1.54) is 19.2 Å². The number of esters is 1. The van der Waals surface area contributed by atoms with Gasteiger partial charge in [0.1, 0.15) is 0 Å². The molecular formula is C17H18N2O5. The molecule has 0 atom stereocenters. The lowest BCUT2D eigenvalue weighted by Crippen LogP contribution is -2.11. The summed E-state index contributed by atoms with van der Waals surface area (Å²) in [6.45, 7) is 0.554. The summed E-state index contributed by atoms with van der Waals surface area (Å²) in [4.78, 5) is 22.0. The molecule has 7 heteroatoms. The summed E-state index contributed by atoms with van der Waals surface area (Å²) in [5.41, 5.74) is 0.805. The molecule has 0 aliphatic rings. The highest BCUT2D eigenvalue weighted by Gasteiger charge is 2.09. The van der Waals surface area contributed by atoms with Gasteiger partial charge in [-0.2, -0.15) is 0 Å². The van der Waals surface area contributed by atoms with Crippen LogP contribution < -0.4 is 14.8 Å². The first-order chi connectivity index (χ1) is 11.6. The van der Waals surface area contributed by atoms with Crippen LogP contribution in [-0.4, -0.2) is 24.5 Å². The second kappa shape index (κ2) is 8.52. The molecule has 0 heterocycles. The van der Waals surface area contributed by atoms with Gasteiger partial charge in [0.15, 0.2) is 11.5 Å². The van der Waals surface area contributed by atoms with E-state index in [2.05, 4.69) is 5.32 Å². The van der Waals surface area contributed by atoms with Crippen LogP contribution in [0.3, 0.4) is 0 Å². The highest BCUT2D eigenvalue weighted by atomic mass is 16.6. The van der Waals surface area contributed by atoms with Crippen molar-refractivity contribution in [2.24, 2.45) is 0 Å². The van der Waals surface area contributed by atoms with Crippen LogP contribution in [0.15, 0.2) is 48.5 Å². The zero-order chi connectivity index (χ0) is 17.4. The maximum absolute atomic E-state index is 11.8. The number of ether oxygens (including phenoxy) is 2. The number of nitrogens with zero attached hydrogens (tertiary/aromatic N) is 1. The summed E-state index contributed by atoms with van der Waals surface area (Å²) in [5, 5.41) is 13.7. The standard InChI is InChI=1S/C17H18N2O5/c1-23-15-5-2-3-6-16(15)24-17(20)7-4-12-18-13-8-10-14(11-9-13)19(21)22/h2-3,5-6,8-11,18H,4,7,12H2,1H3. The Hall–Kier alpha value is -3.09. The van der Waals surface area contributed by atoms with Crippen LogP contribution >= 0.6 is 0 Å². The van der Waals surface area contributed by atoms with Gasteiger partial charge >= 0.3 is 5.97 Å². The van der Waals surface area contributed by atoms with Gasteiger partial charge in [-0.3, -0.25) is 14.9 Å². The van der Waals surface area contributed by atoms with Gasteiger partial charge in [-0.15, -0.1) is 0 Å². The average molecular weight is 330 g/mol. The van der Waals surface area contributed by atoms with E-state index in [1.807, 2.05) is 0 Å². The molecule has 7 nitrogen and oxygen atoms in total. The van der Waals surface area contributed by atoms with Gasteiger partial charge in [-0.1, -0.05) is 12.1 Å². The number of carbonyl (C=O) groups excluding carboxylic acids is 1. The van der Waals surface area contributed by atoms with Gasteiger partial charge in [-0.25, -0.2) is 0 Å². The van der Waals surface area contributed by atoms with Crippen LogP contribution in [0.4, 0.5) is 11.4 Å². The molecule has 0 fully saturated rings. The molecule has 0 saturated carbocycles.